The Bertz CT molecular complexity index is 1270. The molecule has 32 heavy (non-hydrogen) atoms. The summed E-state index contributed by atoms with van der Waals surface area (Å²) in [5, 5.41) is 11.3. The number of ether oxygens (including phenoxy) is 1. The van der Waals surface area contributed by atoms with Gasteiger partial charge in [0.1, 0.15) is 6.61 Å². The van der Waals surface area contributed by atoms with Crippen molar-refractivity contribution in [2.24, 2.45) is 0 Å². The lowest BCUT2D eigenvalue weighted by molar-refractivity contribution is 0.143. The Morgan fingerprint density at radius 2 is 1.78 bits per heavy atom. The molecule has 0 saturated heterocycles. The molecule has 5 nitrogen and oxygen atoms in total. The summed E-state index contributed by atoms with van der Waals surface area (Å²) in [7, 11) is 0. The van der Waals surface area contributed by atoms with Crippen molar-refractivity contribution in [2.45, 2.75) is 12.3 Å². The third-order valence-corrected chi connectivity index (χ3v) is 6.25. The van der Waals surface area contributed by atoms with E-state index in [0.717, 1.165) is 21.1 Å². The number of aromatic nitrogens is 2. The molecule has 4 aromatic rings. The number of nitrogens with one attached hydrogen (secondary N) is 2. The SMILES string of the molecule is O=C(NCCC=Cc1n[nH]c2cc(Br)ccc12)OCC1c2ccccc2-c2ccccc21. The van der Waals surface area contributed by atoms with E-state index in [9.17, 15) is 4.79 Å². The summed E-state index contributed by atoms with van der Waals surface area (Å²) >= 11 is 3.46. The number of hydrogen-bond donors (Lipinski definition) is 2. The van der Waals surface area contributed by atoms with E-state index in [-0.39, 0.29) is 5.92 Å². The fraction of sp³-hybridized carbons (Fsp3) is 0.154. The van der Waals surface area contributed by atoms with Crippen molar-refractivity contribution in [1.29, 1.82) is 0 Å². The normalized spacial score (nSPS) is 12.8. The number of halogens is 1. The van der Waals surface area contributed by atoms with E-state index in [1.165, 1.54) is 22.3 Å². The molecule has 0 fully saturated rings. The molecule has 160 valence electrons. The Kier molecular flexibility index (Phi) is 5.77. The van der Waals surface area contributed by atoms with Gasteiger partial charge in [-0.2, -0.15) is 5.10 Å². The van der Waals surface area contributed by atoms with Crippen LogP contribution in [0.25, 0.3) is 28.1 Å². The van der Waals surface area contributed by atoms with Crippen molar-refractivity contribution in [3.8, 4) is 11.1 Å². The summed E-state index contributed by atoms with van der Waals surface area (Å²) in [4.78, 5) is 12.2. The Hall–Kier alpha value is -3.38. The van der Waals surface area contributed by atoms with Crippen LogP contribution in [-0.4, -0.2) is 29.4 Å². The van der Waals surface area contributed by atoms with Crippen molar-refractivity contribution in [3.63, 3.8) is 0 Å². The number of amides is 1. The molecule has 1 aliphatic carbocycles. The predicted molar refractivity (Wildman–Crippen MR) is 131 cm³/mol. The molecule has 1 aromatic heterocycles. The highest BCUT2D eigenvalue weighted by atomic mass is 79.9. The third-order valence-electron chi connectivity index (χ3n) is 5.75. The summed E-state index contributed by atoms with van der Waals surface area (Å²) in [6.45, 7) is 0.825. The van der Waals surface area contributed by atoms with Gasteiger partial charge in [0.2, 0.25) is 0 Å². The second-order valence-electron chi connectivity index (χ2n) is 7.74. The number of fused-ring (bicyclic) bond motifs is 4. The number of carbonyl (C=O) groups excluding carboxylic acids is 1. The molecule has 0 bridgehead atoms. The van der Waals surface area contributed by atoms with Crippen LogP contribution in [-0.2, 0) is 4.74 Å². The Labute approximate surface area is 194 Å². The average Bonchev–Trinajstić information content (AvgIpc) is 3.36. The summed E-state index contributed by atoms with van der Waals surface area (Å²) in [6, 6.07) is 22.7. The van der Waals surface area contributed by atoms with Crippen LogP contribution >= 0.6 is 15.9 Å². The minimum atomic E-state index is -0.393. The van der Waals surface area contributed by atoms with Gasteiger partial charge < -0.3 is 10.1 Å². The molecule has 2 N–H and O–H groups in total. The number of rotatable bonds is 6. The van der Waals surface area contributed by atoms with E-state index in [1.54, 1.807) is 0 Å². The van der Waals surface area contributed by atoms with Gasteiger partial charge in [0.25, 0.3) is 0 Å². The Morgan fingerprint density at radius 1 is 1.06 bits per heavy atom. The number of carbonyl (C=O) groups is 1. The smallest absolute Gasteiger partial charge is 0.407 e. The zero-order chi connectivity index (χ0) is 21.9. The largest absolute Gasteiger partial charge is 0.449 e. The molecule has 3 aromatic carbocycles. The van der Waals surface area contributed by atoms with Crippen LogP contribution in [0.3, 0.4) is 0 Å². The number of alkyl carbamates (subject to hydrolysis) is 1. The van der Waals surface area contributed by atoms with Crippen molar-refractivity contribution >= 4 is 39.0 Å². The maximum Gasteiger partial charge on any atom is 0.407 e. The summed E-state index contributed by atoms with van der Waals surface area (Å²) in [5.74, 6) is 0.0704. The van der Waals surface area contributed by atoms with Gasteiger partial charge in [0.05, 0.1) is 11.2 Å². The monoisotopic (exact) mass is 487 g/mol. The molecule has 0 spiro atoms. The summed E-state index contributed by atoms with van der Waals surface area (Å²) < 4.78 is 6.58. The number of benzene rings is 3. The maximum atomic E-state index is 12.2. The van der Waals surface area contributed by atoms with Crippen molar-refractivity contribution in [1.82, 2.24) is 15.5 Å². The van der Waals surface area contributed by atoms with Crippen LogP contribution < -0.4 is 5.32 Å². The van der Waals surface area contributed by atoms with Gasteiger partial charge in [-0.25, -0.2) is 4.79 Å². The first-order valence-electron chi connectivity index (χ1n) is 10.6. The van der Waals surface area contributed by atoms with E-state index < -0.39 is 6.09 Å². The molecule has 1 heterocycles. The van der Waals surface area contributed by atoms with Gasteiger partial charge in [0.15, 0.2) is 0 Å². The van der Waals surface area contributed by atoms with Crippen molar-refractivity contribution in [2.75, 3.05) is 13.2 Å². The summed E-state index contributed by atoms with van der Waals surface area (Å²) in [5.41, 5.74) is 6.73. The fourth-order valence-corrected chi connectivity index (χ4v) is 4.60. The third kappa shape index (κ3) is 4.06. The molecule has 0 unspecified atom stereocenters. The highest BCUT2D eigenvalue weighted by Gasteiger charge is 2.28. The lowest BCUT2D eigenvalue weighted by atomic mass is 9.98. The van der Waals surface area contributed by atoms with Crippen LogP contribution in [0.15, 0.2) is 77.3 Å². The van der Waals surface area contributed by atoms with Crippen LogP contribution in [0.5, 0.6) is 0 Å². The van der Waals surface area contributed by atoms with Crippen molar-refractivity contribution < 1.29 is 9.53 Å². The minimum Gasteiger partial charge on any atom is -0.449 e. The molecule has 0 radical (unpaired) electrons. The number of H-pyrrole nitrogens is 1. The number of nitrogens with zero attached hydrogens (tertiary/aromatic N) is 1. The van der Waals surface area contributed by atoms with Crippen LogP contribution in [0.2, 0.25) is 0 Å². The lowest BCUT2D eigenvalue weighted by Crippen LogP contribution is -2.26. The first kappa shape index (κ1) is 20.5. The predicted octanol–water partition coefficient (Wildman–Crippen LogP) is 6.27. The molecule has 6 heteroatoms. The second kappa shape index (κ2) is 9.01. The number of aromatic amines is 1. The molecular formula is C26H22BrN3O2. The van der Waals surface area contributed by atoms with E-state index in [4.69, 9.17) is 4.74 Å². The zero-order valence-corrected chi connectivity index (χ0v) is 18.9. The van der Waals surface area contributed by atoms with Gasteiger partial charge in [-0.05, 0) is 52.9 Å². The average molecular weight is 488 g/mol. The maximum absolute atomic E-state index is 12.2. The molecule has 0 atom stereocenters. The first-order chi connectivity index (χ1) is 15.7. The molecule has 5 rings (SSSR count). The quantitative estimate of drug-likeness (QED) is 0.315. The topological polar surface area (TPSA) is 67.0 Å². The van der Waals surface area contributed by atoms with Gasteiger partial charge in [-0.3, -0.25) is 5.10 Å². The molecule has 1 aliphatic rings. The molecule has 0 saturated carbocycles. The standard InChI is InChI=1S/C26H22BrN3O2/c27-17-12-13-22-24(29-30-25(22)15-17)11-5-6-14-28-26(31)32-16-23-20-9-3-1-7-18(20)19-8-2-4-10-21(19)23/h1-5,7-13,15,23H,6,14,16H2,(H,28,31)(H,29,30). The van der Waals surface area contributed by atoms with Crippen LogP contribution in [0.1, 0.15) is 29.2 Å². The van der Waals surface area contributed by atoms with E-state index in [0.29, 0.717) is 19.6 Å². The van der Waals surface area contributed by atoms with Crippen LogP contribution in [0, 0.1) is 0 Å². The molecule has 1 amide bonds. The number of hydrogen-bond acceptors (Lipinski definition) is 3. The lowest BCUT2D eigenvalue weighted by Gasteiger charge is -2.14. The van der Waals surface area contributed by atoms with Gasteiger partial charge in [-0.15, -0.1) is 0 Å². The van der Waals surface area contributed by atoms with E-state index in [1.807, 2.05) is 54.6 Å². The Morgan fingerprint density at radius 3 is 2.53 bits per heavy atom. The van der Waals surface area contributed by atoms with Crippen molar-refractivity contribution in [3.05, 3.63) is 94.1 Å². The highest BCUT2D eigenvalue weighted by molar-refractivity contribution is 9.10. The van der Waals surface area contributed by atoms with Crippen LogP contribution in [0.4, 0.5) is 4.79 Å². The molecular weight excluding hydrogens is 466 g/mol. The van der Waals surface area contributed by atoms with Gasteiger partial charge in [0, 0.05) is 22.3 Å². The van der Waals surface area contributed by atoms with Gasteiger partial charge in [-0.1, -0.05) is 70.5 Å². The first-order valence-corrected chi connectivity index (χ1v) is 11.4. The van der Waals surface area contributed by atoms with E-state index >= 15 is 0 Å². The highest BCUT2D eigenvalue weighted by Crippen LogP contribution is 2.44. The second-order valence-corrected chi connectivity index (χ2v) is 8.66. The minimum absolute atomic E-state index is 0.0704. The Balaban J connectivity index is 1.13. The fourth-order valence-electron chi connectivity index (χ4n) is 4.24. The molecule has 0 aliphatic heterocycles. The van der Waals surface area contributed by atoms with Gasteiger partial charge >= 0.3 is 6.09 Å². The zero-order valence-electron chi connectivity index (χ0n) is 17.3. The van der Waals surface area contributed by atoms with E-state index in [2.05, 4.69) is 55.7 Å². The summed E-state index contributed by atoms with van der Waals surface area (Å²) in [6.07, 6.45) is 4.26.